The van der Waals surface area contributed by atoms with E-state index in [2.05, 4.69) is 19.2 Å². The molecule has 1 aromatic rings. The van der Waals surface area contributed by atoms with Crippen molar-refractivity contribution in [3.63, 3.8) is 0 Å². The van der Waals surface area contributed by atoms with Gasteiger partial charge in [-0.05, 0) is 35.1 Å². The first-order chi connectivity index (χ1) is 8.69. The minimum absolute atomic E-state index is 0.0659. The van der Waals surface area contributed by atoms with Gasteiger partial charge < -0.3 is 5.32 Å². The Morgan fingerprint density at radius 1 is 1.37 bits per heavy atom. The Bertz CT molecular complexity index is 468. The third kappa shape index (κ3) is 3.42. The number of alkyl halides is 3. The Balaban J connectivity index is 2.13. The molecule has 0 aromatic heterocycles. The molecule has 1 aliphatic carbocycles. The molecule has 2 rings (SSSR count). The van der Waals surface area contributed by atoms with Crippen molar-refractivity contribution < 1.29 is 13.2 Å². The molecule has 0 saturated heterocycles. The van der Waals surface area contributed by atoms with E-state index in [-0.39, 0.29) is 18.0 Å². The van der Waals surface area contributed by atoms with Crippen LogP contribution in [0.4, 0.5) is 13.2 Å². The zero-order valence-electron chi connectivity index (χ0n) is 10.9. The summed E-state index contributed by atoms with van der Waals surface area (Å²) in [7, 11) is 0. The van der Waals surface area contributed by atoms with Crippen LogP contribution in [0.1, 0.15) is 37.4 Å². The van der Waals surface area contributed by atoms with E-state index in [9.17, 15) is 13.2 Å². The van der Waals surface area contributed by atoms with Crippen molar-refractivity contribution in [2.75, 3.05) is 6.54 Å². The summed E-state index contributed by atoms with van der Waals surface area (Å²) < 4.78 is 36.7. The normalized spacial score (nSPS) is 21.5. The van der Waals surface area contributed by atoms with Crippen LogP contribution in [0.5, 0.6) is 0 Å². The summed E-state index contributed by atoms with van der Waals surface area (Å²) >= 11 is 5.98. The number of fused-ring (bicyclic) bond motifs is 1. The Hall–Kier alpha value is -0.740. The van der Waals surface area contributed by atoms with E-state index >= 15 is 0 Å². The molecule has 106 valence electrons. The molecule has 1 aromatic carbocycles. The fraction of sp³-hybridized carbons (Fsp3) is 0.571. The van der Waals surface area contributed by atoms with Crippen LogP contribution in [-0.2, 0) is 6.42 Å². The number of benzene rings is 1. The SMILES string of the molecule is CC1(C)Cc2ccc(Cl)cc2C1NCCC(F)(F)F. The summed E-state index contributed by atoms with van der Waals surface area (Å²) in [5.74, 6) is 0. The first kappa shape index (κ1) is 14.7. The smallest absolute Gasteiger partial charge is 0.309 e. The van der Waals surface area contributed by atoms with Crippen molar-refractivity contribution in [2.45, 2.75) is 38.9 Å². The Kier molecular flexibility index (Phi) is 3.85. The molecule has 1 N–H and O–H groups in total. The average Bonchev–Trinajstić information content (AvgIpc) is 2.48. The first-order valence-corrected chi connectivity index (χ1v) is 6.65. The van der Waals surface area contributed by atoms with Crippen LogP contribution in [0.3, 0.4) is 0 Å². The monoisotopic (exact) mass is 291 g/mol. The van der Waals surface area contributed by atoms with Crippen LogP contribution in [0.15, 0.2) is 18.2 Å². The van der Waals surface area contributed by atoms with E-state index < -0.39 is 12.6 Å². The van der Waals surface area contributed by atoms with Crippen molar-refractivity contribution in [2.24, 2.45) is 5.41 Å². The van der Waals surface area contributed by atoms with E-state index in [0.29, 0.717) is 5.02 Å². The second-order valence-electron chi connectivity index (χ2n) is 5.76. The molecule has 1 atom stereocenters. The molecular formula is C14H17ClF3N. The minimum Gasteiger partial charge on any atom is -0.309 e. The highest BCUT2D eigenvalue weighted by atomic mass is 35.5. The molecule has 1 unspecified atom stereocenters. The summed E-state index contributed by atoms with van der Waals surface area (Å²) in [5, 5.41) is 3.66. The maximum absolute atomic E-state index is 12.2. The number of hydrogen-bond donors (Lipinski definition) is 1. The van der Waals surface area contributed by atoms with Crippen molar-refractivity contribution in [3.05, 3.63) is 34.3 Å². The second kappa shape index (κ2) is 4.98. The van der Waals surface area contributed by atoms with Gasteiger partial charge >= 0.3 is 6.18 Å². The van der Waals surface area contributed by atoms with Gasteiger partial charge in [0.1, 0.15) is 0 Å². The maximum atomic E-state index is 12.2. The lowest BCUT2D eigenvalue weighted by Crippen LogP contribution is -2.33. The Morgan fingerprint density at radius 3 is 2.68 bits per heavy atom. The van der Waals surface area contributed by atoms with Crippen LogP contribution in [-0.4, -0.2) is 12.7 Å². The molecule has 1 aliphatic rings. The van der Waals surface area contributed by atoms with Gasteiger partial charge in [-0.1, -0.05) is 31.5 Å². The Labute approximate surface area is 116 Å². The molecular weight excluding hydrogens is 275 g/mol. The second-order valence-corrected chi connectivity index (χ2v) is 6.20. The standard InChI is InChI=1S/C14H17ClF3N/c1-13(2)8-9-3-4-10(15)7-11(9)12(13)19-6-5-14(16,17)18/h3-4,7,12,19H,5-6,8H2,1-2H3. The molecule has 5 heteroatoms. The zero-order valence-corrected chi connectivity index (χ0v) is 11.7. The van der Waals surface area contributed by atoms with Gasteiger partial charge in [-0.25, -0.2) is 0 Å². The quantitative estimate of drug-likeness (QED) is 0.864. The predicted molar refractivity (Wildman–Crippen MR) is 70.4 cm³/mol. The van der Waals surface area contributed by atoms with Crippen LogP contribution in [0.25, 0.3) is 0 Å². The molecule has 0 fully saturated rings. The van der Waals surface area contributed by atoms with E-state index in [1.54, 1.807) is 0 Å². The van der Waals surface area contributed by atoms with Crippen molar-refractivity contribution >= 4 is 11.6 Å². The molecule has 19 heavy (non-hydrogen) atoms. The van der Waals surface area contributed by atoms with E-state index in [1.807, 2.05) is 18.2 Å². The third-order valence-electron chi connectivity index (χ3n) is 3.60. The van der Waals surface area contributed by atoms with Gasteiger partial charge in [0.05, 0.1) is 6.42 Å². The molecule has 0 bridgehead atoms. The van der Waals surface area contributed by atoms with Gasteiger partial charge in [0.2, 0.25) is 0 Å². The van der Waals surface area contributed by atoms with Crippen LogP contribution in [0.2, 0.25) is 5.02 Å². The summed E-state index contributed by atoms with van der Waals surface area (Å²) in [4.78, 5) is 0. The molecule has 0 spiro atoms. The molecule has 0 amide bonds. The predicted octanol–water partition coefficient (Wildman–Crippen LogP) is 4.51. The number of hydrogen-bond acceptors (Lipinski definition) is 1. The lowest BCUT2D eigenvalue weighted by molar-refractivity contribution is -0.134. The van der Waals surface area contributed by atoms with E-state index in [0.717, 1.165) is 12.0 Å². The fourth-order valence-corrected chi connectivity index (χ4v) is 2.93. The van der Waals surface area contributed by atoms with Gasteiger partial charge in [-0.2, -0.15) is 13.2 Å². The summed E-state index contributed by atoms with van der Waals surface area (Å²) in [6.45, 7) is 4.06. The number of halogens is 4. The Morgan fingerprint density at radius 2 is 2.05 bits per heavy atom. The summed E-state index contributed by atoms with van der Waals surface area (Å²) in [6, 6.07) is 5.57. The molecule has 1 nitrogen and oxygen atoms in total. The van der Waals surface area contributed by atoms with Gasteiger partial charge in [0, 0.05) is 17.6 Å². The van der Waals surface area contributed by atoms with Gasteiger partial charge in [0.15, 0.2) is 0 Å². The largest absolute Gasteiger partial charge is 0.390 e. The van der Waals surface area contributed by atoms with Crippen LogP contribution < -0.4 is 5.32 Å². The van der Waals surface area contributed by atoms with E-state index in [4.69, 9.17) is 11.6 Å². The molecule has 0 aliphatic heterocycles. The van der Waals surface area contributed by atoms with Crippen LogP contribution in [0, 0.1) is 5.41 Å². The maximum Gasteiger partial charge on any atom is 0.390 e. The van der Waals surface area contributed by atoms with Crippen molar-refractivity contribution in [3.8, 4) is 0 Å². The number of rotatable bonds is 3. The summed E-state index contributed by atoms with van der Waals surface area (Å²) in [6.07, 6.45) is -4.08. The fourth-order valence-electron chi connectivity index (χ4n) is 2.75. The topological polar surface area (TPSA) is 12.0 Å². The van der Waals surface area contributed by atoms with Crippen molar-refractivity contribution in [1.82, 2.24) is 5.32 Å². The van der Waals surface area contributed by atoms with Gasteiger partial charge in [-0.15, -0.1) is 0 Å². The lowest BCUT2D eigenvalue weighted by Gasteiger charge is -2.29. The van der Waals surface area contributed by atoms with Gasteiger partial charge in [0.25, 0.3) is 0 Å². The van der Waals surface area contributed by atoms with Gasteiger partial charge in [-0.3, -0.25) is 0 Å². The minimum atomic E-state index is -4.12. The number of nitrogens with one attached hydrogen (secondary N) is 1. The molecule has 0 saturated carbocycles. The average molecular weight is 292 g/mol. The summed E-state index contributed by atoms with van der Waals surface area (Å²) in [5.41, 5.74) is 2.09. The first-order valence-electron chi connectivity index (χ1n) is 6.27. The molecule has 0 heterocycles. The lowest BCUT2D eigenvalue weighted by atomic mass is 9.85. The van der Waals surface area contributed by atoms with E-state index in [1.165, 1.54) is 5.56 Å². The van der Waals surface area contributed by atoms with Crippen LogP contribution >= 0.6 is 11.6 Å². The van der Waals surface area contributed by atoms with Crippen molar-refractivity contribution in [1.29, 1.82) is 0 Å². The highest BCUT2D eigenvalue weighted by Gasteiger charge is 2.39. The highest BCUT2D eigenvalue weighted by Crippen LogP contribution is 2.45. The zero-order chi connectivity index (χ0) is 14.3. The highest BCUT2D eigenvalue weighted by molar-refractivity contribution is 6.30. The molecule has 0 radical (unpaired) electrons. The third-order valence-corrected chi connectivity index (χ3v) is 3.84.